The number of hydrogen-bond acceptors (Lipinski definition) is 8. The van der Waals surface area contributed by atoms with E-state index in [1.165, 1.54) is 0 Å². The number of rotatable bonds is 14. The summed E-state index contributed by atoms with van der Waals surface area (Å²) in [6, 6.07) is -2.64. The van der Waals surface area contributed by atoms with Gasteiger partial charge in [0, 0.05) is 19.4 Å². The van der Waals surface area contributed by atoms with Gasteiger partial charge in [-0.25, -0.2) is 0 Å². The molecule has 2 unspecified atom stereocenters. The van der Waals surface area contributed by atoms with Gasteiger partial charge in [0.15, 0.2) is 0 Å². The number of esters is 1. The highest BCUT2D eigenvalue weighted by atomic mass is 16.5. The average Bonchev–Trinajstić information content (AvgIpc) is 2.60. The number of carbonyl (C=O) groups is 6. The molecule has 0 heterocycles. The van der Waals surface area contributed by atoms with Gasteiger partial charge < -0.3 is 36.0 Å². The Morgan fingerprint density at radius 2 is 1.54 bits per heavy atom. The fourth-order valence-electron chi connectivity index (χ4n) is 1.98. The van der Waals surface area contributed by atoms with Crippen LogP contribution in [-0.4, -0.2) is 83.3 Å². The Bertz CT molecular complexity index is 607. The molecule has 0 aromatic rings. The van der Waals surface area contributed by atoms with Gasteiger partial charge in [0.25, 0.3) is 0 Å². The summed E-state index contributed by atoms with van der Waals surface area (Å²) in [4.78, 5) is 67.4. The van der Waals surface area contributed by atoms with E-state index < -0.39 is 67.3 Å². The van der Waals surface area contributed by atoms with Gasteiger partial charge in [0.2, 0.25) is 11.8 Å². The van der Waals surface area contributed by atoms with Crippen molar-refractivity contribution in [2.24, 2.45) is 0 Å². The molecule has 0 fully saturated rings. The molecule has 0 aromatic heterocycles. The predicted octanol–water partition coefficient (Wildman–Crippen LogP) is -2.47. The lowest BCUT2D eigenvalue weighted by Crippen LogP contribution is -2.55. The van der Waals surface area contributed by atoms with Crippen molar-refractivity contribution in [3.05, 3.63) is 0 Å². The van der Waals surface area contributed by atoms with E-state index in [0.29, 0.717) is 0 Å². The van der Waals surface area contributed by atoms with Gasteiger partial charge in [-0.3, -0.25) is 28.8 Å². The van der Waals surface area contributed by atoms with Crippen molar-refractivity contribution in [2.45, 2.75) is 37.8 Å². The molecule has 0 aromatic carbocycles. The summed E-state index contributed by atoms with van der Waals surface area (Å²) >= 11 is 0. The molecule has 0 rings (SSSR count). The predicted molar refractivity (Wildman–Crippen MR) is 90.1 cm³/mol. The fourth-order valence-corrected chi connectivity index (χ4v) is 1.98. The highest BCUT2D eigenvalue weighted by molar-refractivity contribution is 5.90. The molecule has 13 nitrogen and oxygen atoms in total. The Hall–Kier alpha value is -3.22. The zero-order valence-electron chi connectivity index (χ0n) is 15.1. The summed E-state index contributed by atoms with van der Waals surface area (Å²) in [5.74, 6) is -6.20. The van der Waals surface area contributed by atoms with Crippen LogP contribution in [0.2, 0.25) is 0 Å². The van der Waals surface area contributed by atoms with Crippen LogP contribution in [0.15, 0.2) is 0 Å². The zero-order chi connectivity index (χ0) is 21.7. The third kappa shape index (κ3) is 11.4. The fraction of sp³-hybridized carbons (Fsp3) is 0.600. The quantitative estimate of drug-likeness (QED) is 0.167. The van der Waals surface area contributed by atoms with Crippen molar-refractivity contribution in [2.75, 3.05) is 20.2 Å². The Morgan fingerprint density at radius 3 is 2.04 bits per heavy atom. The molecule has 0 saturated carbocycles. The molecule has 0 aliphatic carbocycles. The number of carboxylic acid groups (broad SMARTS) is 3. The SMILES string of the molecule is COC(=O)C(CC(=O)O)NCC(NC(=O)CCCC(=O)O)C(=O)NCC(=O)O. The number of amides is 2. The molecule has 2 atom stereocenters. The normalized spacial score (nSPS) is 12.3. The lowest BCUT2D eigenvalue weighted by molar-refractivity contribution is -0.148. The monoisotopic (exact) mass is 405 g/mol. The molecule has 0 radical (unpaired) electrons. The molecular formula is C15H23N3O10. The molecule has 28 heavy (non-hydrogen) atoms. The van der Waals surface area contributed by atoms with Crippen LogP contribution >= 0.6 is 0 Å². The third-order valence-electron chi connectivity index (χ3n) is 3.29. The number of carbonyl (C=O) groups excluding carboxylic acids is 3. The van der Waals surface area contributed by atoms with E-state index in [0.717, 1.165) is 7.11 Å². The summed E-state index contributed by atoms with van der Waals surface area (Å²) in [5.41, 5.74) is 0. The van der Waals surface area contributed by atoms with E-state index in [4.69, 9.17) is 15.3 Å². The number of hydrogen-bond donors (Lipinski definition) is 6. The number of methoxy groups -OCH3 is 1. The molecule has 0 saturated heterocycles. The van der Waals surface area contributed by atoms with E-state index in [2.05, 4.69) is 15.4 Å². The van der Waals surface area contributed by atoms with E-state index in [-0.39, 0.29) is 19.3 Å². The van der Waals surface area contributed by atoms with E-state index in [9.17, 15) is 28.8 Å². The van der Waals surface area contributed by atoms with Gasteiger partial charge in [-0.15, -0.1) is 0 Å². The minimum Gasteiger partial charge on any atom is -0.481 e. The van der Waals surface area contributed by atoms with Crippen LogP contribution in [0.3, 0.4) is 0 Å². The second-order valence-electron chi connectivity index (χ2n) is 5.56. The first-order valence-corrected chi connectivity index (χ1v) is 8.10. The lowest BCUT2D eigenvalue weighted by Gasteiger charge is -2.21. The van der Waals surface area contributed by atoms with Crippen LogP contribution in [0.4, 0.5) is 0 Å². The van der Waals surface area contributed by atoms with Crippen LogP contribution in [-0.2, 0) is 33.5 Å². The summed E-state index contributed by atoms with van der Waals surface area (Å²) in [6.45, 7) is -1.12. The first-order valence-electron chi connectivity index (χ1n) is 8.10. The average molecular weight is 405 g/mol. The standard InChI is InChI=1S/C15H23N3O10/c1-28-15(27)8(5-12(22)23)16-6-9(14(26)17-7-13(24)25)18-10(19)3-2-4-11(20)21/h8-9,16H,2-7H2,1H3,(H,17,26)(H,18,19)(H,20,21)(H,22,23)(H,24,25). The topological polar surface area (TPSA) is 208 Å². The van der Waals surface area contributed by atoms with Gasteiger partial charge in [-0.1, -0.05) is 0 Å². The molecule has 0 bridgehead atoms. The number of ether oxygens (including phenoxy) is 1. The van der Waals surface area contributed by atoms with Crippen molar-refractivity contribution < 1.29 is 48.8 Å². The minimum absolute atomic E-state index is 0.0157. The first kappa shape index (κ1) is 24.8. The van der Waals surface area contributed by atoms with Gasteiger partial charge >= 0.3 is 23.9 Å². The zero-order valence-corrected chi connectivity index (χ0v) is 15.1. The largest absolute Gasteiger partial charge is 0.481 e. The lowest BCUT2D eigenvalue weighted by atomic mass is 10.1. The van der Waals surface area contributed by atoms with Crippen molar-refractivity contribution in [3.63, 3.8) is 0 Å². The third-order valence-corrected chi connectivity index (χ3v) is 3.29. The molecule has 0 aliphatic heterocycles. The second-order valence-corrected chi connectivity index (χ2v) is 5.56. The molecular weight excluding hydrogens is 382 g/mol. The Balaban J connectivity index is 4.99. The van der Waals surface area contributed by atoms with Gasteiger partial charge in [-0.05, 0) is 6.42 Å². The minimum atomic E-state index is -1.34. The molecule has 0 aliphatic rings. The number of aliphatic carboxylic acids is 3. The Labute approximate surface area is 159 Å². The molecule has 6 N–H and O–H groups in total. The van der Waals surface area contributed by atoms with Gasteiger partial charge in [0.1, 0.15) is 18.6 Å². The summed E-state index contributed by atoms with van der Waals surface area (Å²) < 4.78 is 4.46. The van der Waals surface area contributed by atoms with E-state index in [1.54, 1.807) is 0 Å². The van der Waals surface area contributed by atoms with Crippen molar-refractivity contribution >= 4 is 35.7 Å². The van der Waals surface area contributed by atoms with Crippen molar-refractivity contribution in [1.82, 2.24) is 16.0 Å². The highest BCUT2D eigenvalue weighted by Crippen LogP contribution is 1.99. The number of carboxylic acids is 3. The second kappa shape index (κ2) is 13.0. The van der Waals surface area contributed by atoms with Crippen molar-refractivity contribution in [3.8, 4) is 0 Å². The van der Waals surface area contributed by atoms with Crippen LogP contribution in [0.5, 0.6) is 0 Å². The van der Waals surface area contributed by atoms with Crippen LogP contribution < -0.4 is 16.0 Å². The Kier molecular flexibility index (Phi) is 11.5. The first-order chi connectivity index (χ1) is 13.1. The summed E-state index contributed by atoms with van der Waals surface area (Å²) in [6.07, 6.45) is -1.10. The molecule has 13 heteroatoms. The Morgan fingerprint density at radius 1 is 0.893 bits per heavy atom. The summed E-state index contributed by atoms with van der Waals surface area (Å²) in [5, 5.41) is 32.8. The van der Waals surface area contributed by atoms with Gasteiger partial charge in [0.05, 0.1) is 13.5 Å². The van der Waals surface area contributed by atoms with E-state index >= 15 is 0 Å². The van der Waals surface area contributed by atoms with Crippen LogP contribution in [0, 0.1) is 0 Å². The molecule has 2 amide bonds. The molecule has 0 spiro atoms. The smallest absolute Gasteiger partial charge is 0.323 e. The maximum Gasteiger partial charge on any atom is 0.323 e. The highest BCUT2D eigenvalue weighted by Gasteiger charge is 2.27. The van der Waals surface area contributed by atoms with Crippen molar-refractivity contribution in [1.29, 1.82) is 0 Å². The maximum absolute atomic E-state index is 12.1. The van der Waals surface area contributed by atoms with Gasteiger partial charge in [-0.2, -0.15) is 0 Å². The van der Waals surface area contributed by atoms with Crippen LogP contribution in [0.25, 0.3) is 0 Å². The summed E-state index contributed by atoms with van der Waals surface area (Å²) in [7, 11) is 1.04. The van der Waals surface area contributed by atoms with Crippen LogP contribution in [0.1, 0.15) is 25.7 Å². The molecule has 158 valence electrons. The number of nitrogens with one attached hydrogen (secondary N) is 3. The maximum atomic E-state index is 12.1. The van der Waals surface area contributed by atoms with E-state index in [1.807, 2.05) is 5.32 Å².